The van der Waals surface area contributed by atoms with Gasteiger partial charge in [0, 0.05) is 31.8 Å². The van der Waals surface area contributed by atoms with Crippen molar-refractivity contribution in [2.24, 2.45) is 17.8 Å². The van der Waals surface area contributed by atoms with E-state index in [1.807, 2.05) is 11.6 Å². The van der Waals surface area contributed by atoms with Crippen LogP contribution in [0.5, 0.6) is 11.6 Å². The molecule has 0 unspecified atom stereocenters. The number of nitrogens with zero attached hydrogens (tertiary/aromatic N) is 4. The molecule has 6 rings (SSSR count). The molecule has 0 radical (unpaired) electrons. The molecule has 1 saturated heterocycles. The topological polar surface area (TPSA) is 188 Å². The number of ether oxygens (including phenoxy) is 2. The molecule has 4 aliphatic rings. The fourth-order valence-corrected chi connectivity index (χ4v) is 9.83. The number of fused-ring (bicyclic) bond motifs is 3. The van der Waals surface area contributed by atoms with E-state index >= 15 is 0 Å². The van der Waals surface area contributed by atoms with Crippen LogP contribution in [0.15, 0.2) is 36.4 Å². The van der Waals surface area contributed by atoms with Crippen LogP contribution in [-0.2, 0) is 24.4 Å². The largest absolute Gasteiger partial charge is 0.497 e. The van der Waals surface area contributed by atoms with Crippen LogP contribution in [0, 0.1) is 17.8 Å². The van der Waals surface area contributed by atoms with Crippen molar-refractivity contribution in [1.29, 1.82) is 0 Å². The van der Waals surface area contributed by atoms with Crippen LogP contribution in [0.2, 0.25) is 0 Å². The van der Waals surface area contributed by atoms with Crippen molar-refractivity contribution in [3.63, 3.8) is 0 Å². The first-order valence-electron chi connectivity index (χ1n) is 19.9. The number of amides is 4. The van der Waals surface area contributed by atoms with E-state index in [2.05, 4.69) is 10.3 Å². The molecule has 3 N–H and O–H groups in total. The number of carbonyl (C=O) groups is 4. The van der Waals surface area contributed by atoms with Gasteiger partial charge in [0.15, 0.2) is 0 Å². The van der Waals surface area contributed by atoms with Crippen LogP contribution >= 0.6 is 0 Å². The van der Waals surface area contributed by atoms with Gasteiger partial charge in [-0.25, -0.2) is 17.6 Å². The third kappa shape index (κ3) is 8.66. The summed E-state index contributed by atoms with van der Waals surface area (Å²) in [5.41, 5.74) is -1.84. The standard InChI is InChI=1S/C40H52F4N6O9S/c1-22-9-7-8-10-26-19-39(26,36(53)47-60(56,57)38(21-41)13-14-38)46-33(51)30-18-28(59-34-29-12-11-27(58-6)16-25(29)17-31(45-34)48(4)5)20-49(30)35(52)32(23(2)15-22)50(37(54)55)24(3)40(42,43)44/h8,10-12,16-17,22-24,26,28,30,32H,7,9,13-15,18-21H2,1-6H3,(H,46,51)(H,47,53)(H,54,55)/b10-8-/t22-,23-,24-,26-,28-,30+,32+,39-/m1/s1. The smallest absolute Gasteiger partial charge is 0.408 e. The molecule has 2 aliphatic carbocycles. The molecule has 60 heavy (non-hydrogen) atoms. The van der Waals surface area contributed by atoms with Gasteiger partial charge in [0.05, 0.1) is 13.7 Å². The summed E-state index contributed by atoms with van der Waals surface area (Å²) in [6.07, 6.45) is -3.94. The lowest BCUT2D eigenvalue weighted by Gasteiger charge is -2.40. The number of aromatic nitrogens is 1. The SMILES string of the molecule is COc1ccc2c(O[C@@H]3C[C@H]4C(=O)N[C@]5(C(=O)NS(=O)(=O)C6(CF)CC6)C[C@H]5/C=C\CC[C@@H](C)C[C@@H](C)[C@H](N(C(=O)O)[C@H](C)C(F)(F)F)C(=O)N4C3)nc(N(C)C)cc2c1. The number of methoxy groups -OCH3 is 1. The summed E-state index contributed by atoms with van der Waals surface area (Å²) in [5.74, 6) is -3.89. The highest BCUT2D eigenvalue weighted by Crippen LogP contribution is 2.48. The summed E-state index contributed by atoms with van der Waals surface area (Å²) < 4.78 is 95.5. The quantitative estimate of drug-likeness (QED) is 0.220. The van der Waals surface area contributed by atoms with Gasteiger partial charge in [0.25, 0.3) is 5.91 Å². The third-order valence-corrected chi connectivity index (χ3v) is 14.5. The molecule has 3 heterocycles. The van der Waals surface area contributed by atoms with E-state index < -0.39 is 99.6 Å². The highest BCUT2D eigenvalue weighted by Gasteiger charge is 2.64. The predicted molar refractivity (Wildman–Crippen MR) is 212 cm³/mol. The van der Waals surface area contributed by atoms with Crippen molar-refractivity contribution in [1.82, 2.24) is 24.8 Å². The number of halogens is 4. The first-order valence-corrected chi connectivity index (χ1v) is 21.4. The molecule has 0 spiro atoms. The maximum Gasteiger partial charge on any atom is 0.408 e. The maximum absolute atomic E-state index is 14.9. The summed E-state index contributed by atoms with van der Waals surface area (Å²) in [6, 6.07) is 0.871. The maximum atomic E-state index is 14.9. The van der Waals surface area contributed by atoms with E-state index in [1.54, 1.807) is 55.4 Å². The monoisotopic (exact) mass is 868 g/mol. The lowest BCUT2D eigenvalue weighted by atomic mass is 9.86. The lowest BCUT2D eigenvalue weighted by molar-refractivity contribution is -0.184. The van der Waals surface area contributed by atoms with E-state index in [0.717, 1.165) is 4.90 Å². The molecule has 1 aromatic carbocycles. The Morgan fingerprint density at radius 2 is 1.85 bits per heavy atom. The van der Waals surface area contributed by atoms with Gasteiger partial charge in [0.1, 0.15) is 52.8 Å². The molecular formula is C40H52F4N6O9S. The number of sulfonamides is 1. The first-order chi connectivity index (χ1) is 28.1. The van der Waals surface area contributed by atoms with Crippen molar-refractivity contribution >= 4 is 50.4 Å². The molecule has 15 nitrogen and oxygen atoms in total. The fraction of sp³-hybridized carbons (Fsp3) is 0.625. The van der Waals surface area contributed by atoms with E-state index in [4.69, 9.17) is 9.47 Å². The summed E-state index contributed by atoms with van der Waals surface area (Å²) >= 11 is 0. The molecule has 0 bridgehead atoms. The Morgan fingerprint density at radius 3 is 2.45 bits per heavy atom. The zero-order valence-electron chi connectivity index (χ0n) is 34.3. The molecule has 20 heteroatoms. The number of hydrogen-bond acceptors (Lipinski definition) is 10. The normalized spacial score (nSPS) is 29.1. The summed E-state index contributed by atoms with van der Waals surface area (Å²) in [6.45, 7) is 2.36. The van der Waals surface area contributed by atoms with Crippen molar-refractivity contribution in [2.75, 3.05) is 39.3 Å². The van der Waals surface area contributed by atoms with Gasteiger partial charge >= 0.3 is 12.3 Å². The first kappa shape index (κ1) is 44.7. The van der Waals surface area contributed by atoms with Gasteiger partial charge in [-0.05, 0) is 86.9 Å². The third-order valence-electron chi connectivity index (χ3n) is 12.4. The average molecular weight is 869 g/mol. The molecule has 2 saturated carbocycles. The summed E-state index contributed by atoms with van der Waals surface area (Å²) in [5, 5.41) is 14.2. The Morgan fingerprint density at radius 1 is 1.15 bits per heavy atom. The molecule has 2 aromatic rings. The van der Waals surface area contributed by atoms with Crippen LogP contribution in [-0.4, -0.2) is 127 Å². The predicted octanol–water partition coefficient (Wildman–Crippen LogP) is 4.79. The van der Waals surface area contributed by atoms with Gasteiger partial charge < -0.3 is 29.7 Å². The van der Waals surface area contributed by atoms with Crippen LogP contribution < -0.4 is 24.4 Å². The van der Waals surface area contributed by atoms with Gasteiger partial charge in [-0.15, -0.1) is 0 Å². The second kappa shape index (κ2) is 16.5. The van der Waals surface area contributed by atoms with Crippen LogP contribution in [0.4, 0.5) is 28.2 Å². The number of hydrogen-bond donors (Lipinski definition) is 3. The van der Waals surface area contributed by atoms with E-state index in [9.17, 15) is 50.3 Å². The Hall–Kier alpha value is -4.88. The van der Waals surface area contributed by atoms with Crippen molar-refractivity contribution < 1.29 is 59.7 Å². The van der Waals surface area contributed by atoms with Gasteiger partial charge in [0.2, 0.25) is 27.7 Å². The zero-order valence-corrected chi connectivity index (χ0v) is 35.1. The Labute approximate surface area is 345 Å². The summed E-state index contributed by atoms with van der Waals surface area (Å²) in [7, 11) is 0.507. The van der Waals surface area contributed by atoms with Crippen LogP contribution in [0.3, 0.4) is 0 Å². The Bertz CT molecular complexity index is 2150. The van der Waals surface area contributed by atoms with E-state index in [0.29, 0.717) is 42.1 Å². The molecular weight excluding hydrogens is 817 g/mol. The zero-order chi connectivity index (χ0) is 44.1. The molecule has 1 aromatic heterocycles. The van der Waals surface area contributed by atoms with E-state index in [1.165, 1.54) is 14.0 Å². The highest BCUT2D eigenvalue weighted by atomic mass is 32.2. The van der Waals surface area contributed by atoms with Gasteiger partial charge in [-0.1, -0.05) is 26.0 Å². The van der Waals surface area contributed by atoms with Crippen LogP contribution in [0.1, 0.15) is 65.7 Å². The number of anilines is 1. The second-order valence-electron chi connectivity index (χ2n) is 16.9. The number of rotatable bonds is 10. The number of benzene rings is 1. The fourth-order valence-electron chi connectivity index (χ4n) is 8.40. The van der Waals surface area contributed by atoms with E-state index in [-0.39, 0.29) is 48.8 Å². The number of pyridine rings is 1. The van der Waals surface area contributed by atoms with Crippen molar-refractivity contribution in [2.45, 2.75) is 106 Å². The number of alkyl halides is 4. The van der Waals surface area contributed by atoms with Crippen LogP contribution in [0.25, 0.3) is 10.8 Å². The molecule has 2 aliphatic heterocycles. The van der Waals surface area contributed by atoms with Crippen molar-refractivity contribution in [3.05, 3.63) is 36.4 Å². The average Bonchev–Trinajstić information content (AvgIpc) is 4.08. The Balaban J connectivity index is 1.43. The minimum Gasteiger partial charge on any atom is -0.497 e. The Kier molecular flexibility index (Phi) is 12.3. The molecule has 330 valence electrons. The van der Waals surface area contributed by atoms with Gasteiger partial charge in [-0.3, -0.25) is 24.0 Å². The molecule has 3 fully saturated rings. The van der Waals surface area contributed by atoms with Crippen molar-refractivity contribution in [3.8, 4) is 11.6 Å². The molecule has 8 atom stereocenters. The highest BCUT2D eigenvalue weighted by molar-refractivity contribution is 7.91. The summed E-state index contributed by atoms with van der Waals surface area (Å²) in [4.78, 5) is 63.7. The minimum atomic E-state index is -5.06. The number of allylic oxidation sites excluding steroid dienone is 1. The number of carbonyl (C=O) groups excluding carboxylic acids is 3. The van der Waals surface area contributed by atoms with Gasteiger partial charge in [-0.2, -0.15) is 18.2 Å². The number of nitrogens with one attached hydrogen (secondary N) is 2. The molecule has 4 amide bonds. The second-order valence-corrected chi connectivity index (χ2v) is 19.0. The lowest BCUT2D eigenvalue weighted by Crippen LogP contribution is -2.62. The number of carboxylic acid groups (broad SMARTS) is 1. The minimum absolute atomic E-state index is 0.00255.